The molecule has 98 valence electrons. The number of carbonyl (C=O) groups is 1. The monoisotopic (exact) mass is 250 g/mol. The maximum atomic E-state index is 13.3. The van der Waals surface area contributed by atoms with Crippen molar-refractivity contribution in [2.45, 2.75) is 33.0 Å². The molecule has 3 nitrogen and oxygen atoms in total. The molecule has 0 bridgehead atoms. The minimum atomic E-state index is -0.272. The van der Waals surface area contributed by atoms with Crippen molar-refractivity contribution >= 4 is 5.91 Å². The van der Waals surface area contributed by atoms with Crippen LogP contribution in [-0.2, 0) is 4.79 Å². The lowest BCUT2D eigenvalue weighted by Crippen LogP contribution is -2.33. The Labute approximate surface area is 107 Å². The lowest BCUT2D eigenvalue weighted by molar-refractivity contribution is -0.130. The second kappa shape index (κ2) is 5.06. The zero-order valence-corrected chi connectivity index (χ0v) is 11.0. The first-order valence-corrected chi connectivity index (χ1v) is 6.31. The molecule has 4 heteroatoms. The van der Waals surface area contributed by atoms with Crippen LogP contribution < -0.4 is 5.32 Å². The molecule has 2 rings (SSSR count). The summed E-state index contributed by atoms with van der Waals surface area (Å²) in [5.41, 5.74) is 0.799. The highest BCUT2D eigenvalue weighted by Gasteiger charge is 2.37. The fourth-order valence-corrected chi connectivity index (χ4v) is 2.32. The molecule has 1 fully saturated rings. The minimum Gasteiger partial charge on any atom is -0.321 e. The third-order valence-electron chi connectivity index (χ3n) is 3.10. The Kier molecular flexibility index (Phi) is 3.66. The second-order valence-electron chi connectivity index (χ2n) is 5.23. The summed E-state index contributed by atoms with van der Waals surface area (Å²) in [4.78, 5) is 13.9. The van der Waals surface area contributed by atoms with Crippen molar-refractivity contribution in [1.82, 2.24) is 10.2 Å². The molecule has 18 heavy (non-hydrogen) atoms. The molecule has 1 heterocycles. The molecule has 0 aliphatic carbocycles. The van der Waals surface area contributed by atoms with E-state index in [1.165, 1.54) is 12.1 Å². The highest BCUT2D eigenvalue weighted by Crippen LogP contribution is 2.26. The van der Waals surface area contributed by atoms with E-state index in [1.807, 2.05) is 13.0 Å². The number of nitrogens with one attached hydrogen (secondary N) is 1. The topological polar surface area (TPSA) is 32.3 Å². The van der Waals surface area contributed by atoms with E-state index in [1.54, 1.807) is 11.0 Å². The standard InChI is InChI=1S/C14H19FN2O/c1-9(2)8-17-13(16-10(3)14(17)18)11-5-4-6-12(15)7-11/h4-7,9-10,13,16H,8H2,1-3H3. The Hall–Kier alpha value is -1.42. The molecule has 1 aliphatic heterocycles. The molecule has 2 unspecified atom stereocenters. The summed E-state index contributed by atoms with van der Waals surface area (Å²) in [6.45, 7) is 6.66. The summed E-state index contributed by atoms with van der Waals surface area (Å²) >= 11 is 0. The average molecular weight is 250 g/mol. The average Bonchev–Trinajstić information content (AvgIpc) is 2.57. The van der Waals surface area contributed by atoms with Crippen LogP contribution in [0.1, 0.15) is 32.5 Å². The van der Waals surface area contributed by atoms with Crippen LogP contribution in [-0.4, -0.2) is 23.4 Å². The fourth-order valence-electron chi connectivity index (χ4n) is 2.32. The van der Waals surface area contributed by atoms with Gasteiger partial charge in [0.15, 0.2) is 0 Å². The van der Waals surface area contributed by atoms with Crippen molar-refractivity contribution in [3.05, 3.63) is 35.6 Å². The number of hydrogen-bond donors (Lipinski definition) is 1. The zero-order chi connectivity index (χ0) is 13.3. The van der Waals surface area contributed by atoms with Crippen LogP contribution in [0.2, 0.25) is 0 Å². The number of amides is 1. The van der Waals surface area contributed by atoms with Gasteiger partial charge in [0.2, 0.25) is 5.91 Å². The Bertz CT molecular complexity index is 447. The number of carbonyl (C=O) groups excluding carboxylic acids is 1. The van der Waals surface area contributed by atoms with Crippen molar-refractivity contribution in [2.24, 2.45) is 5.92 Å². The number of hydrogen-bond acceptors (Lipinski definition) is 2. The second-order valence-corrected chi connectivity index (χ2v) is 5.23. The van der Waals surface area contributed by atoms with Gasteiger partial charge in [-0.05, 0) is 30.5 Å². The zero-order valence-electron chi connectivity index (χ0n) is 11.0. The first-order chi connectivity index (χ1) is 8.49. The summed E-state index contributed by atoms with van der Waals surface area (Å²) in [7, 11) is 0. The van der Waals surface area contributed by atoms with Crippen LogP contribution in [0.15, 0.2) is 24.3 Å². The maximum Gasteiger partial charge on any atom is 0.241 e. The number of nitrogens with zero attached hydrogens (tertiary/aromatic N) is 1. The molecule has 1 amide bonds. The van der Waals surface area contributed by atoms with Crippen LogP contribution in [0, 0.1) is 11.7 Å². The Morgan fingerprint density at radius 3 is 2.78 bits per heavy atom. The summed E-state index contributed by atoms with van der Waals surface area (Å²) in [5, 5.41) is 3.21. The Morgan fingerprint density at radius 2 is 2.17 bits per heavy atom. The third kappa shape index (κ3) is 2.53. The normalized spacial score (nSPS) is 24.1. The number of halogens is 1. The van der Waals surface area contributed by atoms with Crippen LogP contribution >= 0.6 is 0 Å². The van der Waals surface area contributed by atoms with Gasteiger partial charge in [-0.25, -0.2) is 4.39 Å². The predicted molar refractivity (Wildman–Crippen MR) is 68.3 cm³/mol. The molecular formula is C14H19FN2O. The van der Waals surface area contributed by atoms with Gasteiger partial charge in [0.05, 0.1) is 6.04 Å². The molecule has 1 saturated heterocycles. The van der Waals surface area contributed by atoms with E-state index < -0.39 is 0 Å². The van der Waals surface area contributed by atoms with Crippen LogP contribution in [0.25, 0.3) is 0 Å². The Morgan fingerprint density at radius 1 is 1.44 bits per heavy atom. The number of benzene rings is 1. The smallest absolute Gasteiger partial charge is 0.241 e. The molecule has 1 aromatic carbocycles. The molecule has 0 aromatic heterocycles. The van der Waals surface area contributed by atoms with Crippen molar-refractivity contribution in [1.29, 1.82) is 0 Å². The molecular weight excluding hydrogens is 231 g/mol. The predicted octanol–water partition coefficient (Wildman–Crippen LogP) is 2.30. The fraction of sp³-hybridized carbons (Fsp3) is 0.500. The molecule has 0 radical (unpaired) electrons. The molecule has 0 spiro atoms. The van der Waals surface area contributed by atoms with E-state index in [0.717, 1.165) is 5.56 Å². The summed E-state index contributed by atoms with van der Waals surface area (Å²) in [6.07, 6.45) is -0.217. The van der Waals surface area contributed by atoms with Gasteiger partial charge in [-0.2, -0.15) is 0 Å². The quantitative estimate of drug-likeness (QED) is 0.892. The Balaban J connectivity index is 2.27. The minimum absolute atomic E-state index is 0.0814. The van der Waals surface area contributed by atoms with Gasteiger partial charge >= 0.3 is 0 Å². The first kappa shape index (κ1) is 13.0. The van der Waals surface area contributed by atoms with Gasteiger partial charge in [-0.3, -0.25) is 10.1 Å². The van der Waals surface area contributed by atoms with E-state index in [9.17, 15) is 9.18 Å². The highest BCUT2D eigenvalue weighted by molar-refractivity contribution is 5.84. The van der Waals surface area contributed by atoms with E-state index >= 15 is 0 Å². The molecule has 1 aliphatic rings. The van der Waals surface area contributed by atoms with Crippen molar-refractivity contribution in [2.75, 3.05) is 6.54 Å². The van der Waals surface area contributed by atoms with E-state index in [2.05, 4.69) is 19.2 Å². The summed E-state index contributed by atoms with van der Waals surface area (Å²) in [6, 6.07) is 6.21. The largest absolute Gasteiger partial charge is 0.321 e. The van der Waals surface area contributed by atoms with Gasteiger partial charge < -0.3 is 4.90 Å². The van der Waals surface area contributed by atoms with Crippen molar-refractivity contribution in [3.8, 4) is 0 Å². The molecule has 1 aromatic rings. The van der Waals surface area contributed by atoms with E-state index in [4.69, 9.17) is 0 Å². The SMILES string of the molecule is CC(C)CN1C(=O)C(C)NC1c1cccc(F)c1. The van der Waals surface area contributed by atoms with E-state index in [0.29, 0.717) is 12.5 Å². The van der Waals surface area contributed by atoms with Gasteiger partial charge in [0.25, 0.3) is 0 Å². The van der Waals surface area contributed by atoms with E-state index in [-0.39, 0.29) is 23.9 Å². The van der Waals surface area contributed by atoms with Gasteiger partial charge in [0, 0.05) is 6.54 Å². The van der Waals surface area contributed by atoms with Crippen LogP contribution in [0.3, 0.4) is 0 Å². The highest BCUT2D eigenvalue weighted by atomic mass is 19.1. The van der Waals surface area contributed by atoms with Gasteiger partial charge in [0.1, 0.15) is 12.0 Å². The lowest BCUT2D eigenvalue weighted by atomic mass is 10.1. The molecule has 1 N–H and O–H groups in total. The number of rotatable bonds is 3. The van der Waals surface area contributed by atoms with Gasteiger partial charge in [-0.1, -0.05) is 26.0 Å². The van der Waals surface area contributed by atoms with Crippen molar-refractivity contribution in [3.63, 3.8) is 0 Å². The third-order valence-corrected chi connectivity index (χ3v) is 3.10. The first-order valence-electron chi connectivity index (χ1n) is 6.31. The van der Waals surface area contributed by atoms with Crippen LogP contribution in [0.4, 0.5) is 4.39 Å². The maximum absolute atomic E-state index is 13.3. The lowest BCUT2D eigenvalue weighted by Gasteiger charge is -2.26. The van der Waals surface area contributed by atoms with Crippen molar-refractivity contribution < 1.29 is 9.18 Å². The van der Waals surface area contributed by atoms with Crippen LogP contribution in [0.5, 0.6) is 0 Å². The summed E-state index contributed by atoms with van der Waals surface area (Å²) in [5.74, 6) is 0.195. The summed E-state index contributed by atoms with van der Waals surface area (Å²) < 4.78 is 13.3. The molecule has 2 atom stereocenters. The van der Waals surface area contributed by atoms with Gasteiger partial charge in [-0.15, -0.1) is 0 Å². The molecule has 0 saturated carbocycles.